The van der Waals surface area contributed by atoms with Crippen molar-refractivity contribution in [3.8, 4) is 10.6 Å². The van der Waals surface area contributed by atoms with Gasteiger partial charge in [0.1, 0.15) is 5.01 Å². The lowest BCUT2D eigenvalue weighted by molar-refractivity contribution is 1.15. The van der Waals surface area contributed by atoms with Gasteiger partial charge in [-0.15, -0.1) is 11.3 Å². The lowest BCUT2D eigenvalue weighted by atomic mass is 10.2. The van der Waals surface area contributed by atoms with Crippen molar-refractivity contribution in [2.75, 3.05) is 5.32 Å². The molecule has 1 N–H and O–H groups in total. The molecule has 0 aliphatic carbocycles. The molecule has 24 heavy (non-hydrogen) atoms. The Hall–Kier alpha value is -2.65. The topological polar surface area (TPSA) is 24.9 Å². The van der Waals surface area contributed by atoms with Crippen LogP contribution in [0.15, 0.2) is 72.8 Å². The highest BCUT2D eigenvalue weighted by molar-refractivity contribution is 7.21. The molecule has 118 valence electrons. The maximum Gasteiger partial charge on any atom is 0.124 e. The average Bonchev–Trinajstić information content (AvgIpc) is 3.04. The lowest BCUT2D eigenvalue weighted by Crippen LogP contribution is -1.98. The van der Waals surface area contributed by atoms with Gasteiger partial charge in [0.2, 0.25) is 0 Å². The first kappa shape index (κ1) is 14.9. The van der Waals surface area contributed by atoms with E-state index in [1.807, 2.05) is 6.07 Å². The maximum atomic E-state index is 4.77. The monoisotopic (exact) mass is 330 g/mol. The fourth-order valence-corrected chi connectivity index (χ4v) is 3.64. The largest absolute Gasteiger partial charge is 0.381 e. The molecule has 0 bridgehead atoms. The van der Waals surface area contributed by atoms with E-state index in [0.29, 0.717) is 0 Å². The molecule has 0 radical (unpaired) electrons. The molecule has 0 aliphatic rings. The number of benzene rings is 3. The van der Waals surface area contributed by atoms with E-state index in [9.17, 15) is 0 Å². The first-order valence-electron chi connectivity index (χ1n) is 8.03. The highest BCUT2D eigenvalue weighted by atomic mass is 32.1. The fourth-order valence-electron chi connectivity index (χ4n) is 2.69. The summed E-state index contributed by atoms with van der Waals surface area (Å²) in [6.45, 7) is 2.94. The van der Waals surface area contributed by atoms with Crippen LogP contribution in [0.4, 0.5) is 5.69 Å². The summed E-state index contributed by atoms with van der Waals surface area (Å²) in [5, 5.41) is 4.53. The molecule has 0 saturated carbocycles. The van der Waals surface area contributed by atoms with E-state index < -0.39 is 0 Å². The standard InChI is InChI=1S/C21H18N2S/c1-15-7-12-20-19(13-15)23-21(24-20)17-8-10-18(11-9-17)22-14-16-5-3-2-4-6-16/h2-13,22H,14H2,1H3. The zero-order valence-electron chi connectivity index (χ0n) is 13.5. The highest BCUT2D eigenvalue weighted by Crippen LogP contribution is 2.31. The molecule has 0 saturated heterocycles. The zero-order chi connectivity index (χ0) is 16.4. The molecule has 3 heteroatoms. The first-order chi connectivity index (χ1) is 11.8. The zero-order valence-corrected chi connectivity index (χ0v) is 14.3. The Balaban J connectivity index is 1.52. The predicted octanol–water partition coefficient (Wildman–Crippen LogP) is 5.88. The second kappa shape index (κ2) is 6.46. The van der Waals surface area contributed by atoms with Crippen LogP contribution in [0.1, 0.15) is 11.1 Å². The fraction of sp³-hybridized carbons (Fsp3) is 0.0952. The molecule has 0 atom stereocenters. The van der Waals surface area contributed by atoms with Gasteiger partial charge < -0.3 is 5.32 Å². The normalized spacial score (nSPS) is 10.9. The van der Waals surface area contributed by atoms with Crippen LogP contribution in [0.2, 0.25) is 0 Å². The van der Waals surface area contributed by atoms with Crippen molar-refractivity contribution in [3.63, 3.8) is 0 Å². The summed E-state index contributed by atoms with van der Waals surface area (Å²) in [6, 6.07) is 25.4. The van der Waals surface area contributed by atoms with E-state index in [-0.39, 0.29) is 0 Å². The molecule has 0 amide bonds. The maximum absolute atomic E-state index is 4.77. The van der Waals surface area contributed by atoms with Crippen molar-refractivity contribution in [1.82, 2.24) is 4.98 Å². The van der Waals surface area contributed by atoms with Crippen molar-refractivity contribution in [3.05, 3.63) is 83.9 Å². The second-order valence-corrected chi connectivity index (χ2v) is 6.94. The van der Waals surface area contributed by atoms with Gasteiger partial charge in [-0.05, 0) is 54.4 Å². The minimum atomic E-state index is 0.834. The van der Waals surface area contributed by atoms with Gasteiger partial charge in [0, 0.05) is 17.8 Å². The molecule has 2 nitrogen and oxygen atoms in total. The number of nitrogens with one attached hydrogen (secondary N) is 1. The lowest BCUT2D eigenvalue weighted by Gasteiger charge is -2.07. The first-order valence-corrected chi connectivity index (χ1v) is 8.85. The van der Waals surface area contributed by atoms with Gasteiger partial charge >= 0.3 is 0 Å². The third-order valence-corrected chi connectivity index (χ3v) is 5.10. The molecule has 0 fully saturated rings. The van der Waals surface area contributed by atoms with E-state index in [2.05, 4.69) is 79.0 Å². The Bertz CT molecular complexity index is 956. The summed E-state index contributed by atoms with van der Waals surface area (Å²) in [5.41, 5.74) is 5.91. The van der Waals surface area contributed by atoms with E-state index in [0.717, 1.165) is 22.8 Å². The van der Waals surface area contributed by atoms with Crippen molar-refractivity contribution in [2.24, 2.45) is 0 Å². The SMILES string of the molecule is Cc1ccc2sc(-c3ccc(NCc4ccccc4)cc3)nc2c1. The molecule has 4 rings (SSSR count). The summed E-state index contributed by atoms with van der Waals surface area (Å²) in [7, 11) is 0. The van der Waals surface area contributed by atoms with E-state index in [1.165, 1.54) is 21.4 Å². The molecule has 4 aromatic rings. The summed E-state index contributed by atoms with van der Waals surface area (Å²) >= 11 is 1.74. The molecule has 1 heterocycles. The molecule has 1 aromatic heterocycles. The quantitative estimate of drug-likeness (QED) is 0.505. The molecule has 3 aromatic carbocycles. The Morgan fingerprint density at radius 2 is 1.71 bits per heavy atom. The van der Waals surface area contributed by atoms with Crippen LogP contribution in [-0.4, -0.2) is 4.98 Å². The number of fused-ring (bicyclic) bond motifs is 1. The number of hydrogen-bond acceptors (Lipinski definition) is 3. The van der Waals surface area contributed by atoms with Crippen LogP contribution in [0.25, 0.3) is 20.8 Å². The van der Waals surface area contributed by atoms with Gasteiger partial charge in [-0.1, -0.05) is 36.4 Å². The smallest absolute Gasteiger partial charge is 0.124 e. The second-order valence-electron chi connectivity index (χ2n) is 5.91. The van der Waals surface area contributed by atoms with Crippen LogP contribution in [-0.2, 0) is 6.54 Å². The molecular weight excluding hydrogens is 312 g/mol. The number of aryl methyl sites for hydroxylation is 1. The number of nitrogens with zero attached hydrogens (tertiary/aromatic N) is 1. The van der Waals surface area contributed by atoms with Crippen LogP contribution < -0.4 is 5.32 Å². The van der Waals surface area contributed by atoms with Gasteiger partial charge in [0.15, 0.2) is 0 Å². The predicted molar refractivity (Wildman–Crippen MR) is 104 cm³/mol. The van der Waals surface area contributed by atoms with Crippen LogP contribution in [0.5, 0.6) is 0 Å². The van der Waals surface area contributed by atoms with Crippen LogP contribution in [0.3, 0.4) is 0 Å². The van der Waals surface area contributed by atoms with E-state index in [4.69, 9.17) is 4.98 Å². The minimum absolute atomic E-state index is 0.834. The molecule has 0 spiro atoms. The number of anilines is 1. The highest BCUT2D eigenvalue weighted by Gasteiger charge is 2.06. The average molecular weight is 330 g/mol. The summed E-state index contributed by atoms with van der Waals surface area (Å²) in [4.78, 5) is 4.77. The number of hydrogen-bond donors (Lipinski definition) is 1. The summed E-state index contributed by atoms with van der Waals surface area (Å²) in [6.07, 6.45) is 0. The molecule has 0 unspecified atom stereocenters. The van der Waals surface area contributed by atoms with E-state index >= 15 is 0 Å². The van der Waals surface area contributed by atoms with Gasteiger partial charge in [-0.3, -0.25) is 0 Å². The number of rotatable bonds is 4. The Morgan fingerprint density at radius 3 is 2.50 bits per heavy atom. The van der Waals surface area contributed by atoms with Gasteiger partial charge in [0.05, 0.1) is 10.2 Å². The number of aromatic nitrogens is 1. The Labute approximate surface area is 145 Å². The Morgan fingerprint density at radius 1 is 0.917 bits per heavy atom. The van der Waals surface area contributed by atoms with Gasteiger partial charge in [0.25, 0.3) is 0 Å². The van der Waals surface area contributed by atoms with Crippen LogP contribution >= 0.6 is 11.3 Å². The van der Waals surface area contributed by atoms with Crippen molar-refractivity contribution in [2.45, 2.75) is 13.5 Å². The summed E-state index contributed by atoms with van der Waals surface area (Å²) < 4.78 is 1.24. The van der Waals surface area contributed by atoms with Crippen LogP contribution in [0, 0.1) is 6.92 Å². The third-order valence-electron chi connectivity index (χ3n) is 4.01. The minimum Gasteiger partial charge on any atom is -0.381 e. The molecule has 0 aliphatic heterocycles. The van der Waals surface area contributed by atoms with Crippen molar-refractivity contribution < 1.29 is 0 Å². The van der Waals surface area contributed by atoms with Gasteiger partial charge in [-0.2, -0.15) is 0 Å². The van der Waals surface area contributed by atoms with Crippen molar-refractivity contribution in [1.29, 1.82) is 0 Å². The third kappa shape index (κ3) is 3.17. The van der Waals surface area contributed by atoms with E-state index in [1.54, 1.807) is 11.3 Å². The molecular formula is C21H18N2S. The Kier molecular flexibility index (Phi) is 4.01. The van der Waals surface area contributed by atoms with Crippen molar-refractivity contribution >= 4 is 27.2 Å². The summed E-state index contributed by atoms with van der Waals surface area (Å²) in [5.74, 6) is 0. The number of thiazole rings is 1. The van der Waals surface area contributed by atoms with Gasteiger partial charge in [-0.25, -0.2) is 4.98 Å².